The zero-order valence-electron chi connectivity index (χ0n) is 10.8. The van der Waals surface area contributed by atoms with E-state index in [-0.39, 0.29) is 4.90 Å². The highest BCUT2D eigenvalue weighted by Gasteiger charge is 2.10. The van der Waals surface area contributed by atoms with Gasteiger partial charge in [0.15, 0.2) is 9.84 Å². The second kappa shape index (κ2) is 4.93. The van der Waals surface area contributed by atoms with Gasteiger partial charge < -0.3 is 10.5 Å². The third-order valence-corrected chi connectivity index (χ3v) is 3.77. The van der Waals surface area contributed by atoms with Crippen molar-refractivity contribution in [2.24, 2.45) is 0 Å². The van der Waals surface area contributed by atoms with E-state index >= 15 is 0 Å². The van der Waals surface area contributed by atoms with Gasteiger partial charge in [0.25, 0.3) is 0 Å². The van der Waals surface area contributed by atoms with Gasteiger partial charge in [-0.15, -0.1) is 0 Å². The van der Waals surface area contributed by atoms with Crippen molar-refractivity contribution in [1.82, 2.24) is 0 Å². The second-order valence-corrected chi connectivity index (χ2v) is 6.40. The van der Waals surface area contributed by atoms with Gasteiger partial charge in [-0.3, -0.25) is 0 Å². The van der Waals surface area contributed by atoms with Crippen molar-refractivity contribution in [3.63, 3.8) is 0 Å². The van der Waals surface area contributed by atoms with Crippen molar-refractivity contribution in [2.75, 3.05) is 12.0 Å². The first-order chi connectivity index (χ1) is 8.86. The van der Waals surface area contributed by atoms with E-state index in [2.05, 4.69) is 0 Å². The zero-order valence-corrected chi connectivity index (χ0v) is 11.6. The summed E-state index contributed by atoms with van der Waals surface area (Å²) in [4.78, 5) is 0.182. The number of nitrogen functional groups attached to an aromatic ring is 1. The highest BCUT2D eigenvalue weighted by molar-refractivity contribution is 7.90. The Kier molecular flexibility index (Phi) is 3.48. The molecule has 100 valence electrons. The Bertz CT molecular complexity index is 691. The highest BCUT2D eigenvalue weighted by atomic mass is 32.2. The lowest BCUT2D eigenvalue weighted by Crippen LogP contribution is -1.99. The molecule has 0 aliphatic heterocycles. The van der Waals surface area contributed by atoms with E-state index in [4.69, 9.17) is 10.5 Å². The molecule has 19 heavy (non-hydrogen) atoms. The van der Waals surface area contributed by atoms with E-state index < -0.39 is 9.84 Å². The summed E-state index contributed by atoms with van der Waals surface area (Å²) in [6.07, 6.45) is 1.14. The molecule has 0 fully saturated rings. The molecule has 2 aromatic carbocycles. The predicted molar refractivity (Wildman–Crippen MR) is 75.2 cm³/mol. The molecule has 0 atom stereocenters. The Morgan fingerprint density at radius 2 is 1.68 bits per heavy atom. The van der Waals surface area contributed by atoms with Crippen molar-refractivity contribution in [3.8, 4) is 11.5 Å². The number of sulfone groups is 1. The average molecular weight is 277 g/mol. The van der Waals surface area contributed by atoms with Crippen molar-refractivity contribution >= 4 is 15.5 Å². The lowest BCUT2D eigenvalue weighted by molar-refractivity contribution is 0.484. The van der Waals surface area contributed by atoms with Crippen LogP contribution in [0.4, 0.5) is 5.69 Å². The van der Waals surface area contributed by atoms with Crippen molar-refractivity contribution < 1.29 is 13.2 Å². The largest absolute Gasteiger partial charge is 0.455 e. The highest BCUT2D eigenvalue weighted by Crippen LogP contribution is 2.29. The monoisotopic (exact) mass is 277 g/mol. The SMILES string of the molecule is Cc1ccc(Oc2ccc(S(C)(=O)=O)cc2N)cc1. The number of rotatable bonds is 3. The van der Waals surface area contributed by atoms with E-state index in [1.54, 1.807) is 6.07 Å². The Morgan fingerprint density at radius 1 is 1.05 bits per heavy atom. The van der Waals surface area contributed by atoms with Gasteiger partial charge in [0.2, 0.25) is 0 Å². The van der Waals surface area contributed by atoms with Gasteiger partial charge in [0.1, 0.15) is 11.5 Å². The molecule has 0 aliphatic rings. The molecular weight excluding hydrogens is 262 g/mol. The van der Waals surface area contributed by atoms with E-state index in [9.17, 15) is 8.42 Å². The molecule has 0 bridgehead atoms. The van der Waals surface area contributed by atoms with Crippen LogP contribution in [0, 0.1) is 6.92 Å². The molecule has 5 heteroatoms. The van der Waals surface area contributed by atoms with Gasteiger partial charge in [0, 0.05) is 6.26 Å². The van der Waals surface area contributed by atoms with Crippen LogP contribution in [-0.4, -0.2) is 14.7 Å². The van der Waals surface area contributed by atoms with Gasteiger partial charge in [-0.1, -0.05) is 17.7 Å². The summed E-state index contributed by atoms with van der Waals surface area (Å²) in [6, 6.07) is 12.0. The molecule has 0 unspecified atom stereocenters. The Labute approximate surface area is 112 Å². The molecule has 0 aliphatic carbocycles. The summed E-state index contributed by atoms with van der Waals surface area (Å²) in [7, 11) is -3.26. The maximum Gasteiger partial charge on any atom is 0.175 e. The van der Waals surface area contributed by atoms with Crippen molar-refractivity contribution in [2.45, 2.75) is 11.8 Å². The fourth-order valence-corrected chi connectivity index (χ4v) is 2.24. The molecule has 2 aromatic rings. The third kappa shape index (κ3) is 3.26. The Hall–Kier alpha value is -2.01. The molecule has 2 N–H and O–H groups in total. The fraction of sp³-hybridized carbons (Fsp3) is 0.143. The van der Waals surface area contributed by atoms with E-state index in [1.807, 2.05) is 31.2 Å². The maximum atomic E-state index is 11.4. The quantitative estimate of drug-likeness (QED) is 0.876. The van der Waals surface area contributed by atoms with Gasteiger partial charge in [-0.25, -0.2) is 8.42 Å². The van der Waals surface area contributed by atoms with Crippen LogP contribution in [0.3, 0.4) is 0 Å². The summed E-state index contributed by atoms with van der Waals surface area (Å²) in [5.41, 5.74) is 7.23. The Morgan fingerprint density at radius 3 is 2.21 bits per heavy atom. The summed E-state index contributed by atoms with van der Waals surface area (Å²) in [5.74, 6) is 1.10. The average Bonchev–Trinajstić information content (AvgIpc) is 2.33. The molecule has 0 radical (unpaired) electrons. The molecule has 2 rings (SSSR count). The van der Waals surface area contributed by atoms with Crippen LogP contribution < -0.4 is 10.5 Å². The third-order valence-electron chi connectivity index (χ3n) is 2.66. The first kappa shape index (κ1) is 13.4. The summed E-state index contributed by atoms with van der Waals surface area (Å²) in [5, 5.41) is 0. The number of hydrogen-bond acceptors (Lipinski definition) is 4. The summed E-state index contributed by atoms with van der Waals surface area (Å²) >= 11 is 0. The molecule has 0 saturated carbocycles. The van der Waals surface area contributed by atoms with Gasteiger partial charge in [0.05, 0.1) is 10.6 Å². The van der Waals surface area contributed by atoms with E-state index in [0.717, 1.165) is 11.8 Å². The number of hydrogen-bond donors (Lipinski definition) is 1. The lowest BCUT2D eigenvalue weighted by atomic mass is 10.2. The van der Waals surface area contributed by atoms with Gasteiger partial charge >= 0.3 is 0 Å². The van der Waals surface area contributed by atoms with E-state index in [0.29, 0.717) is 17.2 Å². The van der Waals surface area contributed by atoms with Gasteiger partial charge in [-0.05, 0) is 37.3 Å². The minimum absolute atomic E-state index is 0.182. The number of benzene rings is 2. The zero-order chi connectivity index (χ0) is 14.0. The first-order valence-corrected chi connectivity index (χ1v) is 7.59. The van der Waals surface area contributed by atoms with E-state index in [1.165, 1.54) is 12.1 Å². The van der Waals surface area contributed by atoms with Crippen molar-refractivity contribution in [1.29, 1.82) is 0 Å². The molecule has 0 aromatic heterocycles. The molecular formula is C14H15NO3S. The number of nitrogens with two attached hydrogens (primary N) is 1. The first-order valence-electron chi connectivity index (χ1n) is 5.70. The van der Waals surface area contributed by atoms with Crippen LogP contribution in [0.2, 0.25) is 0 Å². The molecule has 0 spiro atoms. The topological polar surface area (TPSA) is 69.4 Å². The van der Waals surface area contributed by atoms with Crippen LogP contribution >= 0.6 is 0 Å². The van der Waals surface area contributed by atoms with Crippen LogP contribution in [0.25, 0.3) is 0 Å². The van der Waals surface area contributed by atoms with Crippen LogP contribution in [0.15, 0.2) is 47.4 Å². The van der Waals surface area contributed by atoms with Crippen LogP contribution in [0.1, 0.15) is 5.56 Å². The standard InChI is InChI=1S/C14H15NO3S/c1-10-3-5-11(6-4-10)18-14-8-7-12(9-13(14)15)19(2,16)17/h3-9H,15H2,1-2H3. The number of anilines is 1. The second-order valence-electron chi connectivity index (χ2n) is 4.39. The molecule has 0 amide bonds. The van der Waals surface area contributed by atoms with Gasteiger partial charge in [-0.2, -0.15) is 0 Å². The van der Waals surface area contributed by atoms with Crippen LogP contribution in [0.5, 0.6) is 11.5 Å². The number of aryl methyl sites for hydroxylation is 1. The summed E-state index contributed by atoms with van der Waals surface area (Å²) in [6.45, 7) is 1.99. The smallest absolute Gasteiger partial charge is 0.175 e. The normalized spacial score (nSPS) is 11.3. The molecule has 0 saturated heterocycles. The minimum atomic E-state index is -3.26. The van der Waals surface area contributed by atoms with Crippen molar-refractivity contribution in [3.05, 3.63) is 48.0 Å². The number of ether oxygens (including phenoxy) is 1. The maximum absolute atomic E-state index is 11.4. The lowest BCUT2D eigenvalue weighted by Gasteiger charge is -2.09. The Balaban J connectivity index is 2.29. The predicted octanol–water partition coefficient (Wildman–Crippen LogP) is 2.77. The van der Waals surface area contributed by atoms with Crippen LogP contribution in [-0.2, 0) is 9.84 Å². The minimum Gasteiger partial charge on any atom is -0.455 e. The summed E-state index contributed by atoms with van der Waals surface area (Å²) < 4.78 is 28.4. The molecule has 0 heterocycles. The molecule has 4 nitrogen and oxygen atoms in total. The fourth-order valence-electron chi connectivity index (χ4n) is 1.58.